The van der Waals surface area contributed by atoms with E-state index in [4.69, 9.17) is 20.2 Å². The molecule has 0 bridgehead atoms. The van der Waals surface area contributed by atoms with Crippen LogP contribution in [0.5, 0.6) is 0 Å². The minimum absolute atomic E-state index is 0.0334. The first kappa shape index (κ1) is 13.6. The third-order valence-electron chi connectivity index (χ3n) is 3.49. The fourth-order valence-corrected chi connectivity index (χ4v) is 2.33. The summed E-state index contributed by atoms with van der Waals surface area (Å²) in [7, 11) is 0. The summed E-state index contributed by atoms with van der Waals surface area (Å²) >= 11 is 5.81. The van der Waals surface area contributed by atoms with Gasteiger partial charge in [-0.2, -0.15) is 4.98 Å². The lowest BCUT2D eigenvalue weighted by atomic mass is 10.1. The molecule has 1 aromatic carbocycles. The molecule has 0 radical (unpaired) electrons. The number of aromatic amines is 1. The molecule has 0 spiro atoms. The molecule has 0 aliphatic heterocycles. The van der Waals surface area contributed by atoms with Crippen LogP contribution < -0.4 is 11.2 Å². The van der Waals surface area contributed by atoms with Crippen LogP contribution in [0.2, 0.25) is 5.02 Å². The average molecular weight is 366 g/mol. The van der Waals surface area contributed by atoms with Gasteiger partial charge < -0.3 is 14.6 Å². The summed E-state index contributed by atoms with van der Waals surface area (Å²) in [5.74, 6) is 0.0856. The predicted molar refractivity (Wildman–Crippen MR) is 89.6 cm³/mol. The van der Waals surface area contributed by atoms with E-state index in [1.807, 2.05) is 0 Å². The van der Waals surface area contributed by atoms with Crippen molar-refractivity contribution in [3.63, 3.8) is 0 Å². The molecule has 8 nitrogen and oxygen atoms in total. The van der Waals surface area contributed by atoms with Gasteiger partial charge in [-0.1, -0.05) is 28.9 Å². The van der Waals surface area contributed by atoms with Crippen molar-refractivity contribution in [3.8, 4) is 0 Å². The quantitative estimate of drug-likeness (QED) is 0.702. The molecule has 0 fully saturated rings. The minimum Gasteiger partial charge on any atom is -0.388 e. The molecule has 3 aromatic rings. The number of hydrogen-bond acceptors (Lipinski definition) is 6. The number of aliphatic hydroxyl groups excluding tert-OH is 1. The molecule has 130 valence electrons. The molecule has 0 amide bonds. The van der Waals surface area contributed by atoms with Gasteiger partial charge in [0.2, 0.25) is 5.89 Å². The van der Waals surface area contributed by atoms with E-state index in [-0.39, 0.29) is 18.1 Å². The Balaban J connectivity index is 1.79. The zero-order valence-electron chi connectivity index (χ0n) is 15.8. The topological polar surface area (TPSA) is 114 Å². The van der Waals surface area contributed by atoms with Gasteiger partial charge in [-0.15, -0.1) is 0 Å². The molecular weight excluding hydrogens is 348 g/mol. The molecule has 2 heterocycles. The average Bonchev–Trinajstić information content (AvgIpc) is 3.05. The van der Waals surface area contributed by atoms with Gasteiger partial charge in [0.1, 0.15) is 6.54 Å². The first-order valence-electron chi connectivity index (χ1n) is 8.73. The van der Waals surface area contributed by atoms with Crippen LogP contribution in [-0.2, 0) is 13.0 Å². The van der Waals surface area contributed by atoms with E-state index >= 15 is 0 Å². The summed E-state index contributed by atoms with van der Waals surface area (Å²) in [6.45, 7) is -3.08. The van der Waals surface area contributed by atoms with E-state index < -0.39 is 36.3 Å². The van der Waals surface area contributed by atoms with E-state index in [9.17, 15) is 14.7 Å². The fraction of sp³-hybridized carbons (Fsp3) is 0.250. The Kier molecular flexibility index (Phi) is 3.82. The smallest absolute Gasteiger partial charge is 0.328 e. The van der Waals surface area contributed by atoms with Crippen molar-refractivity contribution in [1.82, 2.24) is 19.7 Å². The zero-order valence-corrected chi connectivity index (χ0v) is 13.5. The molecule has 2 aromatic heterocycles. The molecule has 9 heteroatoms. The molecule has 0 saturated carbocycles. The van der Waals surface area contributed by atoms with Crippen LogP contribution in [0.4, 0.5) is 0 Å². The van der Waals surface area contributed by atoms with Crippen molar-refractivity contribution in [1.29, 1.82) is 0 Å². The van der Waals surface area contributed by atoms with Crippen LogP contribution in [0.1, 0.15) is 33.1 Å². The van der Waals surface area contributed by atoms with Crippen LogP contribution in [0.3, 0.4) is 0 Å². The van der Waals surface area contributed by atoms with E-state index in [0.717, 1.165) is 6.20 Å². The predicted octanol–water partition coefficient (Wildman–Crippen LogP) is 1.21. The Bertz CT molecular complexity index is 1090. The standard InChI is InChI=1S/C16H15ClN4O4/c1-9-7-18-16(24)21(15(9)23)8-14-19-13(20-25-14)6-12(22)10-2-4-11(17)5-3-10/h2-5,7,12,22H,6,8H2,1H3,(H,18,24)/t12-/m0/s1/i1D3. The van der Waals surface area contributed by atoms with Crippen LogP contribution >= 0.6 is 11.6 Å². The number of aromatic nitrogens is 4. The second-order valence-corrected chi connectivity index (χ2v) is 5.71. The second-order valence-electron chi connectivity index (χ2n) is 5.27. The maximum Gasteiger partial charge on any atom is 0.328 e. The molecule has 0 aliphatic rings. The highest BCUT2D eigenvalue weighted by atomic mass is 35.5. The summed E-state index contributed by atoms with van der Waals surface area (Å²) in [6, 6.07) is 6.59. The molecule has 0 aliphatic carbocycles. The Morgan fingerprint density at radius 1 is 1.40 bits per heavy atom. The van der Waals surface area contributed by atoms with Gasteiger partial charge >= 0.3 is 5.69 Å². The zero-order chi connectivity index (χ0) is 20.5. The summed E-state index contributed by atoms with van der Waals surface area (Å²) in [5, 5.41) is 14.5. The Morgan fingerprint density at radius 3 is 2.88 bits per heavy atom. The lowest BCUT2D eigenvalue weighted by molar-refractivity contribution is 0.174. The lowest BCUT2D eigenvalue weighted by Crippen LogP contribution is -2.36. The largest absolute Gasteiger partial charge is 0.388 e. The van der Waals surface area contributed by atoms with E-state index in [2.05, 4.69) is 15.1 Å². The van der Waals surface area contributed by atoms with Crippen molar-refractivity contribution in [2.24, 2.45) is 0 Å². The third-order valence-corrected chi connectivity index (χ3v) is 3.75. The van der Waals surface area contributed by atoms with Gasteiger partial charge in [0.25, 0.3) is 5.56 Å². The highest BCUT2D eigenvalue weighted by molar-refractivity contribution is 6.30. The van der Waals surface area contributed by atoms with Crippen molar-refractivity contribution in [3.05, 3.63) is 79.2 Å². The number of H-pyrrole nitrogens is 1. The number of aliphatic hydroxyl groups is 1. The molecular formula is C16H15ClN4O4. The van der Waals surface area contributed by atoms with Crippen molar-refractivity contribution < 1.29 is 13.7 Å². The summed E-state index contributed by atoms with van der Waals surface area (Å²) in [4.78, 5) is 30.4. The van der Waals surface area contributed by atoms with Gasteiger partial charge in [-0.05, 0) is 24.5 Å². The highest BCUT2D eigenvalue weighted by Crippen LogP contribution is 2.19. The van der Waals surface area contributed by atoms with Crippen LogP contribution in [0.15, 0.2) is 44.6 Å². The van der Waals surface area contributed by atoms with Gasteiger partial charge in [-0.25, -0.2) is 4.79 Å². The van der Waals surface area contributed by atoms with Crippen LogP contribution in [-0.4, -0.2) is 24.8 Å². The monoisotopic (exact) mass is 365 g/mol. The normalized spacial score (nSPS) is 14.6. The number of hydrogen-bond donors (Lipinski definition) is 2. The number of rotatable bonds is 5. The Morgan fingerprint density at radius 2 is 2.16 bits per heavy atom. The van der Waals surface area contributed by atoms with Gasteiger partial charge in [0.05, 0.1) is 6.10 Å². The number of nitrogens with one attached hydrogen (secondary N) is 1. The van der Waals surface area contributed by atoms with E-state index in [1.54, 1.807) is 24.3 Å². The number of halogens is 1. The summed E-state index contributed by atoms with van der Waals surface area (Å²) in [6.07, 6.45) is -0.00516. The molecule has 2 N–H and O–H groups in total. The van der Waals surface area contributed by atoms with Gasteiger partial charge in [-0.3, -0.25) is 9.36 Å². The Labute approximate surface area is 150 Å². The summed E-state index contributed by atoms with van der Waals surface area (Å²) in [5.41, 5.74) is -1.69. The second kappa shape index (κ2) is 7.04. The van der Waals surface area contributed by atoms with Crippen LogP contribution in [0.25, 0.3) is 0 Å². The third kappa shape index (κ3) is 3.86. The van der Waals surface area contributed by atoms with Gasteiger partial charge in [0.15, 0.2) is 5.82 Å². The van der Waals surface area contributed by atoms with E-state index in [1.165, 1.54) is 0 Å². The van der Waals surface area contributed by atoms with Crippen molar-refractivity contribution >= 4 is 11.6 Å². The molecule has 0 saturated heterocycles. The lowest BCUT2D eigenvalue weighted by Gasteiger charge is -2.08. The Hall–Kier alpha value is -2.71. The summed E-state index contributed by atoms with van der Waals surface area (Å²) < 4.78 is 27.7. The van der Waals surface area contributed by atoms with Crippen molar-refractivity contribution in [2.45, 2.75) is 25.9 Å². The van der Waals surface area contributed by atoms with E-state index in [0.29, 0.717) is 15.2 Å². The first-order valence-corrected chi connectivity index (χ1v) is 7.61. The number of nitrogens with zero attached hydrogens (tertiary/aromatic N) is 3. The number of aryl methyl sites for hydroxylation is 1. The highest BCUT2D eigenvalue weighted by Gasteiger charge is 2.15. The van der Waals surface area contributed by atoms with Crippen LogP contribution in [0, 0.1) is 6.85 Å². The molecule has 0 unspecified atom stereocenters. The molecule has 25 heavy (non-hydrogen) atoms. The minimum atomic E-state index is -2.67. The fourth-order valence-electron chi connectivity index (χ4n) is 2.20. The first-order chi connectivity index (χ1) is 13.1. The number of benzene rings is 1. The maximum absolute atomic E-state index is 12.3. The maximum atomic E-state index is 12.3. The SMILES string of the molecule is [2H]C([2H])([2H])c1c[nH]c(=O)n(Cc2nc(C[C@H](O)c3ccc(Cl)cc3)no2)c1=O. The molecule has 3 rings (SSSR count). The van der Waals surface area contributed by atoms with Gasteiger partial charge in [0, 0.05) is 27.3 Å². The molecule has 1 atom stereocenters. The van der Waals surface area contributed by atoms with Crippen molar-refractivity contribution in [2.75, 3.05) is 0 Å².